The van der Waals surface area contributed by atoms with Crippen LogP contribution in [0.15, 0.2) is 0 Å². The second kappa shape index (κ2) is 5.69. The summed E-state index contributed by atoms with van der Waals surface area (Å²) in [6.07, 6.45) is 2.25. The quantitative estimate of drug-likeness (QED) is 0.763. The highest BCUT2D eigenvalue weighted by Crippen LogP contribution is 2.24. The third-order valence-corrected chi connectivity index (χ3v) is 3.09. The van der Waals surface area contributed by atoms with Gasteiger partial charge in [-0.25, -0.2) is 0 Å². The molecule has 1 aliphatic heterocycles. The van der Waals surface area contributed by atoms with Crippen LogP contribution in [-0.4, -0.2) is 41.0 Å². The van der Waals surface area contributed by atoms with Crippen molar-refractivity contribution >= 4 is 11.9 Å². The number of esters is 1. The van der Waals surface area contributed by atoms with Crippen LogP contribution in [0, 0.1) is 0 Å². The molecule has 5 heteroatoms. The van der Waals surface area contributed by atoms with Crippen molar-refractivity contribution < 1.29 is 14.3 Å². The molecule has 0 spiro atoms. The summed E-state index contributed by atoms with van der Waals surface area (Å²) in [5, 5.41) is 0. The van der Waals surface area contributed by atoms with Crippen molar-refractivity contribution in [3.63, 3.8) is 0 Å². The molecular weight excluding hydrogens is 232 g/mol. The van der Waals surface area contributed by atoms with Gasteiger partial charge < -0.3 is 10.5 Å². The predicted molar refractivity (Wildman–Crippen MR) is 68.8 cm³/mol. The monoisotopic (exact) mass is 256 g/mol. The maximum absolute atomic E-state index is 12.1. The molecule has 1 heterocycles. The third-order valence-electron chi connectivity index (χ3n) is 3.09. The summed E-state index contributed by atoms with van der Waals surface area (Å²) in [7, 11) is 0. The van der Waals surface area contributed by atoms with Crippen LogP contribution in [0.5, 0.6) is 0 Å². The first-order valence-electron chi connectivity index (χ1n) is 6.54. The molecule has 1 fully saturated rings. The van der Waals surface area contributed by atoms with Gasteiger partial charge in [0.2, 0.25) is 5.91 Å². The minimum atomic E-state index is -0.500. The van der Waals surface area contributed by atoms with Crippen LogP contribution in [0.4, 0.5) is 0 Å². The highest BCUT2D eigenvalue weighted by molar-refractivity contribution is 5.82. The number of ether oxygens (including phenoxy) is 1. The SMILES string of the molecule is CCC(C(N)=O)N1CCC[C@H]1C(=O)OC(C)(C)C. The van der Waals surface area contributed by atoms with E-state index in [0.717, 1.165) is 19.4 Å². The van der Waals surface area contributed by atoms with Crippen molar-refractivity contribution in [3.05, 3.63) is 0 Å². The molecule has 0 radical (unpaired) electrons. The lowest BCUT2D eigenvalue weighted by molar-refractivity contribution is -0.161. The van der Waals surface area contributed by atoms with Crippen molar-refractivity contribution in [3.8, 4) is 0 Å². The van der Waals surface area contributed by atoms with Crippen molar-refractivity contribution in [2.45, 2.75) is 64.6 Å². The lowest BCUT2D eigenvalue weighted by atomic mass is 10.1. The fourth-order valence-corrected chi connectivity index (χ4v) is 2.38. The largest absolute Gasteiger partial charge is 0.459 e. The van der Waals surface area contributed by atoms with Crippen LogP contribution in [0.1, 0.15) is 47.0 Å². The number of nitrogens with zero attached hydrogens (tertiary/aromatic N) is 1. The van der Waals surface area contributed by atoms with E-state index >= 15 is 0 Å². The van der Waals surface area contributed by atoms with Crippen LogP contribution in [0.25, 0.3) is 0 Å². The zero-order valence-corrected chi connectivity index (χ0v) is 11.7. The maximum Gasteiger partial charge on any atom is 0.323 e. The number of carbonyl (C=O) groups is 2. The predicted octanol–water partition coefficient (Wildman–Crippen LogP) is 1.06. The van der Waals surface area contributed by atoms with Crippen LogP contribution in [0.3, 0.4) is 0 Å². The molecule has 18 heavy (non-hydrogen) atoms. The number of carbonyl (C=O) groups excluding carboxylic acids is 2. The molecule has 0 aromatic heterocycles. The van der Waals surface area contributed by atoms with E-state index in [9.17, 15) is 9.59 Å². The van der Waals surface area contributed by atoms with Crippen molar-refractivity contribution in [2.24, 2.45) is 5.73 Å². The Labute approximate surface area is 109 Å². The van der Waals surface area contributed by atoms with Gasteiger partial charge in [0.05, 0.1) is 6.04 Å². The number of likely N-dealkylation sites (tertiary alicyclic amines) is 1. The van der Waals surface area contributed by atoms with E-state index in [1.165, 1.54) is 0 Å². The Hall–Kier alpha value is -1.10. The molecule has 1 unspecified atom stereocenters. The van der Waals surface area contributed by atoms with Crippen LogP contribution < -0.4 is 5.73 Å². The van der Waals surface area contributed by atoms with E-state index in [-0.39, 0.29) is 24.0 Å². The van der Waals surface area contributed by atoms with Crippen molar-refractivity contribution in [1.82, 2.24) is 4.90 Å². The Morgan fingerprint density at radius 2 is 2.06 bits per heavy atom. The van der Waals surface area contributed by atoms with Gasteiger partial charge in [0.1, 0.15) is 11.6 Å². The molecule has 5 nitrogen and oxygen atoms in total. The van der Waals surface area contributed by atoms with Gasteiger partial charge in [0, 0.05) is 0 Å². The summed E-state index contributed by atoms with van der Waals surface area (Å²) in [6, 6.07) is -0.702. The molecule has 1 rings (SSSR count). The van der Waals surface area contributed by atoms with E-state index in [1.807, 2.05) is 32.6 Å². The smallest absolute Gasteiger partial charge is 0.323 e. The molecule has 1 aliphatic rings. The number of hydrogen-bond acceptors (Lipinski definition) is 4. The van der Waals surface area contributed by atoms with Gasteiger partial charge in [-0.3, -0.25) is 14.5 Å². The first-order chi connectivity index (χ1) is 8.26. The third kappa shape index (κ3) is 3.70. The van der Waals surface area contributed by atoms with Gasteiger partial charge in [0.15, 0.2) is 0 Å². The molecule has 1 amide bonds. The fourth-order valence-electron chi connectivity index (χ4n) is 2.38. The summed E-state index contributed by atoms with van der Waals surface area (Å²) in [6.45, 7) is 8.16. The Bertz CT molecular complexity index is 323. The molecule has 0 aromatic rings. The molecule has 0 saturated carbocycles. The molecule has 2 atom stereocenters. The summed E-state index contributed by atoms with van der Waals surface area (Å²) >= 11 is 0. The average Bonchev–Trinajstić information content (AvgIpc) is 2.64. The first-order valence-corrected chi connectivity index (χ1v) is 6.54. The highest BCUT2D eigenvalue weighted by atomic mass is 16.6. The summed E-state index contributed by atoms with van der Waals surface area (Å²) in [4.78, 5) is 25.4. The minimum absolute atomic E-state index is 0.250. The summed E-state index contributed by atoms with van der Waals surface area (Å²) < 4.78 is 5.39. The van der Waals surface area contributed by atoms with E-state index in [4.69, 9.17) is 10.5 Å². The summed E-state index contributed by atoms with van der Waals surface area (Å²) in [5.74, 6) is -0.618. The average molecular weight is 256 g/mol. The normalized spacial score (nSPS) is 22.8. The van der Waals surface area contributed by atoms with Gasteiger partial charge in [-0.1, -0.05) is 6.92 Å². The van der Waals surface area contributed by atoms with Gasteiger partial charge in [-0.15, -0.1) is 0 Å². The van der Waals surface area contributed by atoms with Crippen LogP contribution >= 0.6 is 0 Å². The minimum Gasteiger partial charge on any atom is -0.459 e. The van der Waals surface area contributed by atoms with E-state index in [1.54, 1.807) is 0 Å². The topological polar surface area (TPSA) is 72.6 Å². The van der Waals surface area contributed by atoms with Gasteiger partial charge in [0.25, 0.3) is 0 Å². The zero-order chi connectivity index (χ0) is 13.9. The first kappa shape index (κ1) is 15.0. The Morgan fingerprint density at radius 3 is 2.50 bits per heavy atom. The van der Waals surface area contributed by atoms with E-state index in [0.29, 0.717) is 6.42 Å². The van der Waals surface area contributed by atoms with E-state index in [2.05, 4.69) is 0 Å². The lowest BCUT2D eigenvalue weighted by Crippen LogP contribution is -2.50. The number of primary amides is 1. The molecule has 104 valence electrons. The van der Waals surface area contributed by atoms with Gasteiger partial charge in [-0.05, 0) is 46.6 Å². The Morgan fingerprint density at radius 1 is 1.44 bits per heavy atom. The molecular formula is C13H24N2O3. The Balaban J connectivity index is 2.75. The molecule has 0 aliphatic carbocycles. The zero-order valence-electron chi connectivity index (χ0n) is 11.7. The molecule has 1 saturated heterocycles. The van der Waals surface area contributed by atoms with Crippen LogP contribution in [0.2, 0.25) is 0 Å². The number of nitrogens with two attached hydrogens (primary N) is 1. The lowest BCUT2D eigenvalue weighted by Gasteiger charge is -2.31. The molecule has 0 aromatic carbocycles. The van der Waals surface area contributed by atoms with Gasteiger partial charge in [-0.2, -0.15) is 0 Å². The second-order valence-electron chi connectivity index (χ2n) is 5.76. The summed E-state index contributed by atoms with van der Waals surface area (Å²) in [5.41, 5.74) is 4.88. The van der Waals surface area contributed by atoms with Gasteiger partial charge >= 0.3 is 5.97 Å². The number of hydrogen-bond donors (Lipinski definition) is 1. The fraction of sp³-hybridized carbons (Fsp3) is 0.846. The molecule has 0 bridgehead atoms. The number of amides is 1. The van der Waals surface area contributed by atoms with E-state index < -0.39 is 5.60 Å². The Kier molecular flexibility index (Phi) is 4.73. The standard InChI is InChI=1S/C13H24N2O3/c1-5-9(11(14)16)15-8-6-7-10(15)12(17)18-13(2,3)4/h9-10H,5-8H2,1-4H3,(H2,14,16)/t9?,10-/m0/s1. The second-order valence-corrected chi connectivity index (χ2v) is 5.76. The highest BCUT2D eigenvalue weighted by Gasteiger charge is 2.39. The maximum atomic E-state index is 12.1. The van der Waals surface area contributed by atoms with Crippen molar-refractivity contribution in [2.75, 3.05) is 6.54 Å². The van der Waals surface area contributed by atoms with Crippen LogP contribution in [-0.2, 0) is 14.3 Å². The number of rotatable bonds is 4. The molecule has 2 N–H and O–H groups in total. The van der Waals surface area contributed by atoms with Crippen molar-refractivity contribution in [1.29, 1.82) is 0 Å².